The topological polar surface area (TPSA) is 101 Å². The Kier molecular flexibility index (Phi) is 5.16. The van der Waals surface area contributed by atoms with Crippen LogP contribution in [0, 0.1) is 0 Å². The monoisotopic (exact) mass is 296 g/mol. The maximum atomic E-state index is 11.2. The van der Waals surface area contributed by atoms with E-state index in [1.807, 2.05) is 0 Å². The zero-order valence-electron chi connectivity index (χ0n) is 11.1. The van der Waals surface area contributed by atoms with Crippen molar-refractivity contribution in [3.05, 3.63) is 16.8 Å². The van der Waals surface area contributed by atoms with Gasteiger partial charge in [-0.25, -0.2) is 14.8 Å². The Morgan fingerprint density at radius 3 is 3.00 bits per heavy atom. The lowest BCUT2D eigenvalue weighted by atomic mass is 10.2. The van der Waals surface area contributed by atoms with Crippen LogP contribution in [-0.4, -0.2) is 38.3 Å². The van der Waals surface area contributed by atoms with Gasteiger partial charge in [-0.1, -0.05) is 0 Å². The summed E-state index contributed by atoms with van der Waals surface area (Å²) < 4.78 is 4.86. The number of fused-ring (bicyclic) bond motifs is 1. The van der Waals surface area contributed by atoms with E-state index in [1.54, 1.807) is 6.92 Å². The van der Waals surface area contributed by atoms with E-state index in [-0.39, 0.29) is 11.7 Å². The molecule has 0 fully saturated rings. The Balaban J connectivity index is 1.81. The van der Waals surface area contributed by atoms with E-state index in [0.29, 0.717) is 24.2 Å². The number of carbonyl (C=O) groups excluding carboxylic acids is 1. The van der Waals surface area contributed by atoms with E-state index >= 15 is 0 Å². The number of hydrogen-bond acceptors (Lipinski definition) is 6. The van der Waals surface area contributed by atoms with Gasteiger partial charge in [0, 0.05) is 6.42 Å². The molecule has 108 valence electrons. The maximum absolute atomic E-state index is 11.2. The number of aromatic nitrogens is 4. The van der Waals surface area contributed by atoms with Crippen molar-refractivity contribution in [2.75, 3.05) is 12.4 Å². The minimum Gasteiger partial charge on any atom is -0.466 e. The van der Waals surface area contributed by atoms with Crippen molar-refractivity contribution < 1.29 is 9.53 Å². The fourth-order valence-corrected chi connectivity index (χ4v) is 2.67. The maximum Gasteiger partial charge on any atom is 0.325 e. The number of nitrogens with one attached hydrogen (secondary N) is 2. The number of unbranched alkanes of at least 4 members (excludes halogenated alkanes) is 1. The first-order valence-corrected chi connectivity index (χ1v) is 7.40. The summed E-state index contributed by atoms with van der Waals surface area (Å²) in [5.41, 5.74) is 0.858. The molecule has 0 bridgehead atoms. The first-order valence-electron chi connectivity index (χ1n) is 6.42. The number of hydrogen-bond donors (Lipinski definition) is 2. The third-order valence-corrected chi connectivity index (χ3v) is 3.68. The molecule has 20 heavy (non-hydrogen) atoms. The molecular weight excluding hydrogens is 280 g/mol. The van der Waals surface area contributed by atoms with Crippen molar-refractivity contribution in [2.24, 2.45) is 0 Å². The lowest BCUT2D eigenvalue weighted by Gasteiger charge is -2.02. The van der Waals surface area contributed by atoms with Gasteiger partial charge in [0.15, 0.2) is 5.65 Å². The van der Waals surface area contributed by atoms with Crippen LogP contribution >= 0.6 is 11.8 Å². The summed E-state index contributed by atoms with van der Waals surface area (Å²) >= 11 is 1.53. The molecule has 2 N–H and O–H groups in total. The molecule has 0 aliphatic carbocycles. The molecule has 0 saturated carbocycles. The standard InChI is InChI=1S/C12H16N4O3S/c1-2-19-8(17)5-3-4-6-20-11-9-10(13-7-14-11)16-12(18)15-9/h7H,2-6H2,1H3,(H2,13,14,15,16,18). The van der Waals surface area contributed by atoms with E-state index in [2.05, 4.69) is 19.9 Å². The fraction of sp³-hybridized carbons (Fsp3) is 0.500. The van der Waals surface area contributed by atoms with Crippen LogP contribution in [0.1, 0.15) is 26.2 Å². The Morgan fingerprint density at radius 1 is 1.35 bits per heavy atom. The number of aromatic amines is 2. The molecular formula is C12H16N4O3S. The second-order valence-corrected chi connectivity index (χ2v) is 5.18. The van der Waals surface area contributed by atoms with Gasteiger partial charge in [0.2, 0.25) is 0 Å². The number of thioether (sulfide) groups is 1. The summed E-state index contributed by atoms with van der Waals surface area (Å²) in [6, 6.07) is 0. The van der Waals surface area contributed by atoms with Crippen LogP contribution in [0.3, 0.4) is 0 Å². The molecule has 2 heterocycles. The first kappa shape index (κ1) is 14.6. The van der Waals surface area contributed by atoms with Gasteiger partial charge >= 0.3 is 11.7 Å². The van der Waals surface area contributed by atoms with Gasteiger partial charge in [-0.2, -0.15) is 0 Å². The Bertz CT molecular complexity index is 637. The molecule has 8 heteroatoms. The second kappa shape index (κ2) is 7.09. The zero-order valence-corrected chi connectivity index (χ0v) is 12.0. The fourth-order valence-electron chi connectivity index (χ4n) is 1.71. The number of ether oxygens (including phenoxy) is 1. The predicted octanol–water partition coefficient (Wildman–Crippen LogP) is 1.47. The predicted molar refractivity (Wildman–Crippen MR) is 75.7 cm³/mol. The van der Waals surface area contributed by atoms with E-state index in [1.165, 1.54) is 18.1 Å². The van der Waals surface area contributed by atoms with Gasteiger partial charge in [-0.3, -0.25) is 9.78 Å². The highest BCUT2D eigenvalue weighted by molar-refractivity contribution is 7.99. The van der Waals surface area contributed by atoms with Crippen LogP contribution in [0.2, 0.25) is 0 Å². The van der Waals surface area contributed by atoms with Gasteiger partial charge in [0.05, 0.1) is 6.61 Å². The number of imidazole rings is 1. The summed E-state index contributed by atoms with van der Waals surface area (Å²) in [6.07, 6.45) is 3.52. The van der Waals surface area contributed by atoms with E-state index in [0.717, 1.165) is 23.6 Å². The number of H-pyrrole nitrogens is 2. The summed E-state index contributed by atoms with van der Waals surface area (Å²) in [6.45, 7) is 2.22. The van der Waals surface area contributed by atoms with Gasteiger partial charge < -0.3 is 9.72 Å². The summed E-state index contributed by atoms with van der Waals surface area (Å²) in [7, 11) is 0. The molecule has 0 atom stereocenters. The van der Waals surface area contributed by atoms with Crippen molar-refractivity contribution >= 4 is 28.9 Å². The average Bonchev–Trinajstić information content (AvgIpc) is 2.79. The Labute approximate surface area is 119 Å². The largest absolute Gasteiger partial charge is 0.466 e. The molecule has 2 aromatic heterocycles. The number of esters is 1. The van der Waals surface area contributed by atoms with Crippen molar-refractivity contribution in [2.45, 2.75) is 31.2 Å². The SMILES string of the molecule is CCOC(=O)CCCCSc1ncnc2[nH]c(=O)[nH]c12. The van der Waals surface area contributed by atoms with Crippen molar-refractivity contribution in [3.63, 3.8) is 0 Å². The lowest BCUT2D eigenvalue weighted by Crippen LogP contribution is -2.03. The van der Waals surface area contributed by atoms with E-state index in [9.17, 15) is 9.59 Å². The highest BCUT2D eigenvalue weighted by Gasteiger charge is 2.07. The van der Waals surface area contributed by atoms with Gasteiger partial charge in [-0.05, 0) is 25.5 Å². The van der Waals surface area contributed by atoms with Crippen molar-refractivity contribution in [1.29, 1.82) is 0 Å². The van der Waals surface area contributed by atoms with E-state index in [4.69, 9.17) is 4.74 Å². The quantitative estimate of drug-likeness (QED) is 0.347. The van der Waals surface area contributed by atoms with Crippen LogP contribution in [0.5, 0.6) is 0 Å². The molecule has 7 nitrogen and oxygen atoms in total. The smallest absolute Gasteiger partial charge is 0.325 e. The highest BCUT2D eigenvalue weighted by Crippen LogP contribution is 2.22. The molecule has 0 spiro atoms. The lowest BCUT2D eigenvalue weighted by molar-refractivity contribution is -0.143. The molecule has 0 aliphatic rings. The highest BCUT2D eigenvalue weighted by atomic mass is 32.2. The molecule has 0 radical (unpaired) electrons. The molecule has 0 saturated heterocycles. The summed E-state index contributed by atoms with van der Waals surface area (Å²) in [5.74, 6) is 0.663. The number of carbonyl (C=O) groups is 1. The Hall–Kier alpha value is -1.83. The van der Waals surface area contributed by atoms with Crippen LogP contribution < -0.4 is 5.69 Å². The second-order valence-electron chi connectivity index (χ2n) is 4.09. The van der Waals surface area contributed by atoms with Crippen LogP contribution in [0.25, 0.3) is 11.2 Å². The molecule has 2 rings (SSSR count). The summed E-state index contributed by atoms with van der Waals surface area (Å²) in [4.78, 5) is 35.8. The van der Waals surface area contributed by atoms with Crippen molar-refractivity contribution in [3.8, 4) is 0 Å². The van der Waals surface area contributed by atoms with Crippen molar-refractivity contribution in [1.82, 2.24) is 19.9 Å². The number of nitrogens with zero attached hydrogens (tertiary/aromatic N) is 2. The third-order valence-electron chi connectivity index (χ3n) is 2.60. The summed E-state index contributed by atoms with van der Waals surface area (Å²) in [5, 5.41) is 0.740. The zero-order chi connectivity index (χ0) is 14.4. The van der Waals surface area contributed by atoms with Crippen LogP contribution in [-0.2, 0) is 9.53 Å². The first-order chi connectivity index (χ1) is 9.70. The normalized spacial score (nSPS) is 10.8. The molecule has 0 aliphatic heterocycles. The Morgan fingerprint density at radius 2 is 2.20 bits per heavy atom. The molecule has 0 aromatic carbocycles. The minimum absolute atomic E-state index is 0.156. The van der Waals surface area contributed by atoms with Crippen LogP contribution in [0.4, 0.5) is 0 Å². The average molecular weight is 296 g/mol. The molecule has 0 amide bonds. The molecule has 0 unspecified atom stereocenters. The van der Waals surface area contributed by atoms with Crippen LogP contribution in [0.15, 0.2) is 16.1 Å². The van der Waals surface area contributed by atoms with E-state index < -0.39 is 0 Å². The third kappa shape index (κ3) is 3.83. The minimum atomic E-state index is -0.287. The van der Waals surface area contributed by atoms with Gasteiger partial charge in [0.25, 0.3) is 0 Å². The van der Waals surface area contributed by atoms with Gasteiger partial charge in [-0.15, -0.1) is 11.8 Å². The molecule has 2 aromatic rings. The number of rotatable bonds is 7. The van der Waals surface area contributed by atoms with Gasteiger partial charge in [0.1, 0.15) is 16.9 Å².